The van der Waals surface area contributed by atoms with Gasteiger partial charge in [0.05, 0.1) is 5.52 Å². The molecular weight excluding hydrogens is 324 g/mol. The molecule has 0 radical (unpaired) electrons. The van der Waals surface area contributed by atoms with Gasteiger partial charge < -0.3 is 0 Å². The van der Waals surface area contributed by atoms with Crippen LogP contribution in [-0.2, 0) is 0 Å². The number of fused-ring (bicyclic) bond motifs is 2. The second-order valence-electron chi connectivity index (χ2n) is 6.01. The Morgan fingerprint density at radius 2 is 1.68 bits per heavy atom. The van der Waals surface area contributed by atoms with E-state index in [4.69, 9.17) is 4.98 Å². The third-order valence-electron chi connectivity index (χ3n) is 4.46. The first kappa shape index (κ1) is 14.3. The maximum atomic E-state index is 4.71. The van der Waals surface area contributed by atoms with Crippen LogP contribution in [0.25, 0.3) is 44.2 Å². The molecule has 0 fully saturated rings. The number of rotatable bonds is 2. The quantitative estimate of drug-likeness (QED) is 0.384. The van der Waals surface area contributed by atoms with Crippen LogP contribution in [0.1, 0.15) is 0 Å². The zero-order valence-corrected chi connectivity index (χ0v) is 14.2. The highest BCUT2D eigenvalue weighted by Crippen LogP contribution is 2.30. The van der Waals surface area contributed by atoms with Gasteiger partial charge in [-0.15, -0.1) is 0 Å². The van der Waals surface area contributed by atoms with E-state index in [1.807, 2.05) is 11.6 Å². The van der Waals surface area contributed by atoms with Gasteiger partial charge in [-0.3, -0.25) is 0 Å². The fourth-order valence-electron chi connectivity index (χ4n) is 3.21. The fraction of sp³-hybridized carbons (Fsp3) is 0. The molecule has 0 aliphatic heterocycles. The summed E-state index contributed by atoms with van der Waals surface area (Å²) < 4.78 is 0. The van der Waals surface area contributed by atoms with Crippen molar-refractivity contribution in [2.45, 2.75) is 0 Å². The number of hydrogen-bond acceptors (Lipinski definition) is 3. The molecule has 118 valence electrons. The summed E-state index contributed by atoms with van der Waals surface area (Å²) in [6.45, 7) is 0. The predicted octanol–water partition coefficient (Wildman–Crippen LogP) is 6.18. The van der Waals surface area contributed by atoms with Gasteiger partial charge in [-0.1, -0.05) is 48.5 Å². The maximum absolute atomic E-state index is 4.71. The lowest BCUT2D eigenvalue weighted by Crippen LogP contribution is -1.89. The minimum absolute atomic E-state index is 0.784. The van der Waals surface area contributed by atoms with Crippen LogP contribution in [0.4, 0.5) is 0 Å². The average Bonchev–Trinajstić information content (AvgIpc) is 3.21. The zero-order chi connectivity index (χ0) is 16.6. The SMILES string of the molecule is c1ccc2c(-c3ccc4nc(-c5ccsc5)ncc4c3)cccc2c1. The lowest BCUT2D eigenvalue weighted by molar-refractivity contribution is 1.23. The third kappa shape index (κ3) is 2.49. The Bertz CT molecular complexity index is 1190. The molecule has 5 aromatic rings. The molecule has 2 heterocycles. The third-order valence-corrected chi connectivity index (χ3v) is 5.14. The van der Waals surface area contributed by atoms with E-state index >= 15 is 0 Å². The molecule has 0 N–H and O–H groups in total. The second-order valence-corrected chi connectivity index (χ2v) is 6.79. The highest BCUT2D eigenvalue weighted by atomic mass is 32.1. The first-order chi connectivity index (χ1) is 12.4. The van der Waals surface area contributed by atoms with Crippen molar-refractivity contribution in [2.75, 3.05) is 0 Å². The molecule has 0 aliphatic carbocycles. The van der Waals surface area contributed by atoms with Crippen LogP contribution < -0.4 is 0 Å². The van der Waals surface area contributed by atoms with E-state index in [1.54, 1.807) is 11.3 Å². The van der Waals surface area contributed by atoms with Crippen molar-refractivity contribution in [3.63, 3.8) is 0 Å². The van der Waals surface area contributed by atoms with Crippen molar-refractivity contribution in [3.8, 4) is 22.5 Å². The van der Waals surface area contributed by atoms with Crippen molar-refractivity contribution in [2.24, 2.45) is 0 Å². The van der Waals surface area contributed by atoms with Gasteiger partial charge >= 0.3 is 0 Å². The minimum Gasteiger partial charge on any atom is -0.236 e. The molecule has 3 aromatic carbocycles. The molecule has 0 spiro atoms. The van der Waals surface area contributed by atoms with Crippen LogP contribution >= 0.6 is 11.3 Å². The van der Waals surface area contributed by atoms with Crippen molar-refractivity contribution >= 4 is 33.0 Å². The first-order valence-electron chi connectivity index (χ1n) is 8.16. The predicted molar refractivity (Wildman–Crippen MR) is 106 cm³/mol. The molecule has 25 heavy (non-hydrogen) atoms. The standard InChI is InChI=1S/C22H14N2S/c1-2-6-19-15(4-1)5-3-7-20(19)16-8-9-21-18(12-16)13-23-22(24-21)17-10-11-25-14-17/h1-14H. The normalized spacial score (nSPS) is 11.2. The smallest absolute Gasteiger partial charge is 0.160 e. The van der Waals surface area contributed by atoms with Crippen LogP contribution in [0.2, 0.25) is 0 Å². The van der Waals surface area contributed by atoms with E-state index in [9.17, 15) is 0 Å². The largest absolute Gasteiger partial charge is 0.236 e. The summed E-state index contributed by atoms with van der Waals surface area (Å²) in [5.41, 5.74) is 4.48. The summed E-state index contributed by atoms with van der Waals surface area (Å²) in [6.07, 6.45) is 1.92. The Balaban J connectivity index is 1.66. The summed E-state index contributed by atoms with van der Waals surface area (Å²) in [7, 11) is 0. The van der Waals surface area contributed by atoms with Crippen LogP contribution in [0, 0.1) is 0 Å². The summed E-state index contributed by atoms with van der Waals surface area (Å²) in [6, 6.07) is 23.4. The molecule has 0 unspecified atom stereocenters. The molecule has 0 bridgehead atoms. The number of nitrogens with zero attached hydrogens (tertiary/aromatic N) is 2. The van der Waals surface area contributed by atoms with Crippen LogP contribution in [0.5, 0.6) is 0 Å². The van der Waals surface area contributed by atoms with Gasteiger partial charge in [-0.25, -0.2) is 9.97 Å². The van der Waals surface area contributed by atoms with Gasteiger partial charge in [-0.05, 0) is 45.5 Å². The van der Waals surface area contributed by atoms with E-state index in [1.165, 1.54) is 21.9 Å². The van der Waals surface area contributed by atoms with Crippen LogP contribution in [-0.4, -0.2) is 9.97 Å². The van der Waals surface area contributed by atoms with E-state index in [0.717, 1.165) is 22.3 Å². The van der Waals surface area contributed by atoms with E-state index in [2.05, 4.69) is 77.1 Å². The Hall–Kier alpha value is -3.04. The van der Waals surface area contributed by atoms with Gasteiger partial charge in [0.2, 0.25) is 0 Å². The fourth-order valence-corrected chi connectivity index (χ4v) is 3.84. The highest BCUT2D eigenvalue weighted by Gasteiger charge is 2.07. The lowest BCUT2D eigenvalue weighted by atomic mass is 9.97. The van der Waals surface area contributed by atoms with Crippen molar-refractivity contribution < 1.29 is 0 Å². The average molecular weight is 338 g/mol. The molecular formula is C22H14N2S. The zero-order valence-electron chi connectivity index (χ0n) is 13.4. The molecule has 0 amide bonds. The molecule has 2 aromatic heterocycles. The van der Waals surface area contributed by atoms with E-state index < -0.39 is 0 Å². The van der Waals surface area contributed by atoms with Gasteiger partial charge in [0.15, 0.2) is 5.82 Å². The maximum Gasteiger partial charge on any atom is 0.160 e. The molecule has 3 heteroatoms. The Labute approximate surface area is 149 Å². The van der Waals surface area contributed by atoms with E-state index in [-0.39, 0.29) is 0 Å². The second kappa shape index (κ2) is 5.80. The lowest BCUT2D eigenvalue weighted by Gasteiger charge is -2.08. The van der Waals surface area contributed by atoms with E-state index in [0.29, 0.717) is 0 Å². The summed E-state index contributed by atoms with van der Waals surface area (Å²) in [4.78, 5) is 9.25. The minimum atomic E-state index is 0.784. The van der Waals surface area contributed by atoms with Gasteiger partial charge in [0.25, 0.3) is 0 Å². The molecule has 0 atom stereocenters. The highest BCUT2D eigenvalue weighted by molar-refractivity contribution is 7.08. The number of thiophene rings is 1. The molecule has 0 aliphatic rings. The van der Waals surface area contributed by atoms with Gasteiger partial charge in [0, 0.05) is 22.5 Å². The van der Waals surface area contributed by atoms with Gasteiger partial charge in [0.1, 0.15) is 0 Å². The Kier molecular flexibility index (Phi) is 3.32. The Morgan fingerprint density at radius 3 is 2.60 bits per heavy atom. The van der Waals surface area contributed by atoms with Crippen molar-refractivity contribution in [1.82, 2.24) is 9.97 Å². The van der Waals surface area contributed by atoms with Crippen LogP contribution in [0.15, 0.2) is 83.7 Å². The molecule has 0 saturated heterocycles. The summed E-state index contributed by atoms with van der Waals surface area (Å²) in [5.74, 6) is 0.784. The van der Waals surface area contributed by atoms with Crippen LogP contribution in [0.3, 0.4) is 0 Å². The monoisotopic (exact) mass is 338 g/mol. The summed E-state index contributed by atoms with van der Waals surface area (Å²) in [5, 5.41) is 7.70. The molecule has 0 saturated carbocycles. The van der Waals surface area contributed by atoms with Gasteiger partial charge in [-0.2, -0.15) is 11.3 Å². The summed E-state index contributed by atoms with van der Waals surface area (Å²) >= 11 is 1.66. The number of benzene rings is 3. The molecule has 5 rings (SSSR count). The van der Waals surface area contributed by atoms with Crippen molar-refractivity contribution in [3.05, 3.63) is 83.7 Å². The Morgan fingerprint density at radius 1 is 0.760 bits per heavy atom. The number of hydrogen-bond donors (Lipinski definition) is 0. The first-order valence-corrected chi connectivity index (χ1v) is 9.10. The van der Waals surface area contributed by atoms with Crippen molar-refractivity contribution in [1.29, 1.82) is 0 Å². The number of aromatic nitrogens is 2. The molecule has 2 nitrogen and oxygen atoms in total. The topological polar surface area (TPSA) is 25.8 Å².